The summed E-state index contributed by atoms with van der Waals surface area (Å²) in [7, 11) is 0. The van der Waals surface area contributed by atoms with Gasteiger partial charge in [-0.1, -0.05) is 27.2 Å². The molecule has 0 saturated carbocycles. The highest BCUT2D eigenvalue weighted by molar-refractivity contribution is 5.88. The van der Waals surface area contributed by atoms with Crippen molar-refractivity contribution in [2.45, 2.75) is 90.6 Å². The summed E-state index contributed by atoms with van der Waals surface area (Å²) in [5.74, 6) is -1.13. The molecule has 0 unspecified atom stereocenters. The zero-order chi connectivity index (χ0) is 20.0. The Morgan fingerprint density at radius 2 is 1.96 bits per heavy atom. The lowest BCUT2D eigenvalue weighted by Crippen LogP contribution is -2.56. The standard InChI is InChI=1S/C19H31NO7/c1-5-9-16-26-19(27-16)17-14(20(22)23)10-12(18(21)24-8-4)11-15(17)25-13(6-2)7-3/h11,13-17,19H,5-10H2,1-4H3/t14-,15+,16?,17-,19?/m1/s1. The molecule has 2 aliphatic rings. The van der Waals surface area contributed by atoms with Crippen LogP contribution in [0, 0.1) is 16.0 Å². The molecule has 0 bridgehead atoms. The fraction of sp³-hybridized carbons (Fsp3) is 0.842. The first-order valence-corrected chi connectivity index (χ1v) is 9.92. The zero-order valence-corrected chi connectivity index (χ0v) is 16.6. The number of hydrogen-bond donors (Lipinski definition) is 0. The first-order valence-electron chi connectivity index (χ1n) is 9.92. The quantitative estimate of drug-likeness (QED) is 0.323. The highest BCUT2D eigenvalue weighted by atomic mass is 16.9. The van der Waals surface area contributed by atoms with Crippen molar-refractivity contribution in [1.29, 1.82) is 0 Å². The van der Waals surface area contributed by atoms with Crippen molar-refractivity contribution in [1.82, 2.24) is 0 Å². The van der Waals surface area contributed by atoms with Gasteiger partial charge in [0, 0.05) is 16.9 Å². The van der Waals surface area contributed by atoms with Crippen molar-refractivity contribution >= 4 is 5.97 Å². The third-order valence-corrected chi connectivity index (χ3v) is 5.10. The van der Waals surface area contributed by atoms with E-state index in [1.807, 2.05) is 20.8 Å². The molecule has 0 aromatic carbocycles. The number of nitro groups is 1. The molecule has 8 heteroatoms. The monoisotopic (exact) mass is 385 g/mol. The Morgan fingerprint density at radius 1 is 1.30 bits per heavy atom. The maximum absolute atomic E-state index is 12.2. The largest absolute Gasteiger partial charge is 0.463 e. The van der Waals surface area contributed by atoms with Gasteiger partial charge in [-0.05, 0) is 32.3 Å². The Balaban J connectivity index is 2.27. The summed E-state index contributed by atoms with van der Waals surface area (Å²) in [5, 5.41) is 11.8. The molecule has 1 aliphatic heterocycles. The van der Waals surface area contributed by atoms with E-state index in [0.29, 0.717) is 0 Å². The molecule has 1 saturated heterocycles. The fourth-order valence-corrected chi connectivity index (χ4v) is 3.58. The smallest absolute Gasteiger partial charge is 0.334 e. The van der Waals surface area contributed by atoms with E-state index < -0.39 is 30.3 Å². The van der Waals surface area contributed by atoms with Crippen LogP contribution in [0.25, 0.3) is 0 Å². The van der Waals surface area contributed by atoms with Crippen molar-refractivity contribution in [3.8, 4) is 0 Å². The molecule has 154 valence electrons. The van der Waals surface area contributed by atoms with Crippen LogP contribution in [-0.4, -0.2) is 48.3 Å². The van der Waals surface area contributed by atoms with Gasteiger partial charge in [0.15, 0.2) is 12.6 Å². The van der Waals surface area contributed by atoms with E-state index in [2.05, 4.69) is 0 Å². The van der Waals surface area contributed by atoms with Gasteiger partial charge >= 0.3 is 5.97 Å². The molecule has 0 aromatic heterocycles. The maximum Gasteiger partial charge on any atom is 0.334 e. The number of nitrogens with zero attached hydrogens (tertiary/aromatic N) is 1. The number of hydrogen-bond acceptors (Lipinski definition) is 7. The average Bonchev–Trinajstić information content (AvgIpc) is 2.62. The lowest BCUT2D eigenvalue weighted by Gasteiger charge is -2.44. The molecule has 0 aromatic rings. The van der Waals surface area contributed by atoms with E-state index in [4.69, 9.17) is 18.9 Å². The second-order valence-corrected chi connectivity index (χ2v) is 6.94. The summed E-state index contributed by atoms with van der Waals surface area (Å²) < 4.78 is 22.7. The maximum atomic E-state index is 12.2. The molecule has 0 amide bonds. The van der Waals surface area contributed by atoms with Crippen LogP contribution in [0.1, 0.15) is 59.8 Å². The van der Waals surface area contributed by atoms with E-state index in [0.717, 1.165) is 25.7 Å². The minimum atomic E-state index is -1.03. The second-order valence-electron chi connectivity index (χ2n) is 6.94. The van der Waals surface area contributed by atoms with Crippen molar-refractivity contribution in [3.63, 3.8) is 0 Å². The number of ether oxygens (including phenoxy) is 4. The van der Waals surface area contributed by atoms with Crippen molar-refractivity contribution < 1.29 is 28.7 Å². The molecule has 1 fully saturated rings. The third-order valence-electron chi connectivity index (χ3n) is 5.10. The zero-order valence-electron chi connectivity index (χ0n) is 16.6. The highest BCUT2D eigenvalue weighted by Gasteiger charge is 2.52. The highest BCUT2D eigenvalue weighted by Crippen LogP contribution is 2.39. The third kappa shape index (κ3) is 5.27. The van der Waals surface area contributed by atoms with Crippen LogP contribution in [0.4, 0.5) is 0 Å². The minimum absolute atomic E-state index is 0.0130. The van der Waals surface area contributed by atoms with Gasteiger partial charge in [-0.2, -0.15) is 0 Å². The number of esters is 1. The number of rotatable bonds is 10. The van der Waals surface area contributed by atoms with Gasteiger partial charge in [0.2, 0.25) is 6.04 Å². The SMILES string of the molecule is CCCC1OC([C@H]2[C@@H](OC(CC)CC)C=C(C(=O)OCC)C[C@H]2[N+](=O)[O-])O1. The van der Waals surface area contributed by atoms with Gasteiger partial charge in [0.05, 0.1) is 18.8 Å². The van der Waals surface area contributed by atoms with E-state index in [-0.39, 0.29) is 35.9 Å². The number of carbonyl (C=O) groups excluding carboxylic acids is 1. The van der Waals surface area contributed by atoms with Gasteiger partial charge < -0.3 is 18.9 Å². The molecule has 2 rings (SSSR count). The minimum Gasteiger partial charge on any atom is -0.463 e. The molecule has 1 aliphatic carbocycles. The molecule has 8 nitrogen and oxygen atoms in total. The average molecular weight is 385 g/mol. The Kier molecular flexibility index (Phi) is 8.19. The molecule has 0 N–H and O–H groups in total. The molecule has 0 radical (unpaired) electrons. The van der Waals surface area contributed by atoms with Crippen molar-refractivity contribution in [2.75, 3.05) is 6.61 Å². The Hall–Kier alpha value is -1.51. The molecule has 1 heterocycles. The molecule has 3 atom stereocenters. The van der Waals surface area contributed by atoms with E-state index in [1.165, 1.54) is 0 Å². The van der Waals surface area contributed by atoms with Gasteiger partial charge in [0.1, 0.15) is 5.92 Å². The van der Waals surface area contributed by atoms with Gasteiger partial charge in [0.25, 0.3) is 0 Å². The van der Waals surface area contributed by atoms with Crippen molar-refractivity contribution in [3.05, 3.63) is 21.8 Å². The summed E-state index contributed by atoms with van der Waals surface area (Å²) in [6.07, 6.45) is 3.14. The van der Waals surface area contributed by atoms with E-state index in [1.54, 1.807) is 13.0 Å². The van der Waals surface area contributed by atoms with Crippen LogP contribution in [0.3, 0.4) is 0 Å². The van der Waals surface area contributed by atoms with E-state index in [9.17, 15) is 14.9 Å². The van der Waals surface area contributed by atoms with Gasteiger partial charge in [-0.3, -0.25) is 10.1 Å². The summed E-state index contributed by atoms with van der Waals surface area (Å²) in [5.41, 5.74) is 0.287. The van der Waals surface area contributed by atoms with Crippen LogP contribution in [0.2, 0.25) is 0 Å². The van der Waals surface area contributed by atoms with Crippen LogP contribution < -0.4 is 0 Å². The predicted octanol–water partition coefficient (Wildman–Crippen LogP) is 3.21. The Bertz CT molecular complexity index is 540. The molecule has 0 spiro atoms. The summed E-state index contributed by atoms with van der Waals surface area (Å²) in [4.78, 5) is 23.6. The summed E-state index contributed by atoms with van der Waals surface area (Å²) >= 11 is 0. The topological polar surface area (TPSA) is 97.1 Å². The fourth-order valence-electron chi connectivity index (χ4n) is 3.58. The molecule has 27 heavy (non-hydrogen) atoms. The Morgan fingerprint density at radius 3 is 2.48 bits per heavy atom. The summed E-state index contributed by atoms with van der Waals surface area (Å²) in [6, 6.07) is -1.03. The molecular formula is C19H31NO7. The first kappa shape index (κ1) is 21.8. The van der Waals surface area contributed by atoms with Gasteiger partial charge in [-0.25, -0.2) is 4.79 Å². The van der Waals surface area contributed by atoms with E-state index >= 15 is 0 Å². The van der Waals surface area contributed by atoms with Crippen LogP contribution in [0.15, 0.2) is 11.6 Å². The predicted molar refractivity (Wildman–Crippen MR) is 97.5 cm³/mol. The lowest BCUT2D eigenvalue weighted by atomic mass is 9.81. The lowest BCUT2D eigenvalue weighted by molar-refractivity contribution is -0.552. The van der Waals surface area contributed by atoms with Crippen LogP contribution >= 0.6 is 0 Å². The number of carbonyl (C=O) groups is 1. The van der Waals surface area contributed by atoms with Crippen molar-refractivity contribution in [2.24, 2.45) is 5.92 Å². The van der Waals surface area contributed by atoms with Crippen LogP contribution in [0.5, 0.6) is 0 Å². The normalized spacial score (nSPS) is 30.6. The Labute approximate surface area is 160 Å². The summed E-state index contributed by atoms with van der Waals surface area (Å²) in [6.45, 7) is 7.94. The van der Waals surface area contributed by atoms with Gasteiger partial charge in [-0.15, -0.1) is 0 Å². The van der Waals surface area contributed by atoms with Crippen LogP contribution in [-0.2, 0) is 23.7 Å². The second kappa shape index (κ2) is 10.1. The first-order chi connectivity index (χ1) is 12.9. The molecular weight excluding hydrogens is 354 g/mol.